The standard InChI is InChI=1S/C89H174O17P2/c1-8-10-11-12-13-14-15-16-17-18-19-23-28-33-38-43-48-56-63-70-86(91)99-76-84(105-88(93)72-65-58-49-44-39-34-29-24-21-20-22-26-31-36-41-46-53-60-67-80(3)4)78-103-107(95,96)101-74-83(90)75-102-108(97,98)104-79-85(77-100-87(92)71-64-57-52-51-55-62-69-82(7)9-2)106-89(94)73-66-59-50-45-40-35-30-25-27-32-37-42-47-54-61-68-81(5)6/h80-85,90H,8-79H2,1-7H3,(H,95,96)(H,97,98)/t82?,83-,84-,85-/m1/s1. The van der Waals surface area contributed by atoms with E-state index in [1.807, 2.05) is 0 Å². The van der Waals surface area contributed by atoms with Gasteiger partial charge in [0.05, 0.1) is 26.4 Å². The SMILES string of the molecule is CCCCCCCCCCCCCCCCCCCCCC(=O)OC[C@H](COP(=O)(O)OC[C@@H](O)COP(=O)(O)OC[C@@H](COC(=O)CCCCCCCCC(C)CC)OC(=O)CCCCCCCCCCCCCCCCCC(C)C)OC(=O)CCCCCCCCCCCCCCCCCCCCC(C)C. The first-order valence-corrected chi connectivity index (χ1v) is 48.9. The second-order valence-corrected chi connectivity index (χ2v) is 36.1. The fourth-order valence-corrected chi connectivity index (χ4v) is 15.4. The highest BCUT2D eigenvalue weighted by Crippen LogP contribution is 2.45. The molecule has 0 heterocycles. The first-order valence-electron chi connectivity index (χ1n) is 45.9. The molecule has 17 nitrogen and oxygen atoms in total. The maximum absolute atomic E-state index is 13.2. The molecule has 0 saturated carbocycles. The Bertz CT molecular complexity index is 2080. The number of phosphoric ester groups is 2. The summed E-state index contributed by atoms with van der Waals surface area (Å²) in [6.07, 6.45) is 71.0. The number of aliphatic hydroxyl groups excluding tert-OH is 1. The van der Waals surface area contributed by atoms with Gasteiger partial charge < -0.3 is 33.8 Å². The molecular formula is C89H174O17P2. The van der Waals surface area contributed by atoms with Gasteiger partial charge in [-0.2, -0.15) is 0 Å². The number of ether oxygens (including phenoxy) is 4. The summed E-state index contributed by atoms with van der Waals surface area (Å²) in [6, 6.07) is 0. The largest absolute Gasteiger partial charge is 0.472 e. The van der Waals surface area contributed by atoms with E-state index in [4.69, 9.17) is 37.0 Å². The number of hydrogen-bond donors (Lipinski definition) is 3. The van der Waals surface area contributed by atoms with Gasteiger partial charge in [0.15, 0.2) is 12.2 Å². The van der Waals surface area contributed by atoms with Crippen molar-refractivity contribution in [2.24, 2.45) is 17.8 Å². The third kappa shape index (κ3) is 80.7. The molecule has 642 valence electrons. The van der Waals surface area contributed by atoms with Crippen molar-refractivity contribution < 1.29 is 80.2 Å². The lowest BCUT2D eigenvalue weighted by Crippen LogP contribution is -2.30. The fourth-order valence-electron chi connectivity index (χ4n) is 13.9. The Kier molecular flexibility index (Phi) is 77.5. The van der Waals surface area contributed by atoms with Crippen molar-refractivity contribution in [1.82, 2.24) is 0 Å². The highest BCUT2D eigenvalue weighted by atomic mass is 31.2. The number of phosphoric acid groups is 2. The molecule has 0 spiro atoms. The van der Waals surface area contributed by atoms with Gasteiger partial charge >= 0.3 is 39.5 Å². The van der Waals surface area contributed by atoms with E-state index in [1.54, 1.807) is 0 Å². The lowest BCUT2D eigenvalue weighted by molar-refractivity contribution is -0.161. The van der Waals surface area contributed by atoms with Gasteiger partial charge in [-0.3, -0.25) is 37.3 Å². The van der Waals surface area contributed by atoms with Crippen LogP contribution in [0.3, 0.4) is 0 Å². The number of carbonyl (C=O) groups excluding carboxylic acids is 4. The molecule has 0 aliphatic carbocycles. The summed E-state index contributed by atoms with van der Waals surface area (Å²) in [7, 11) is -9.93. The van der Waals surface area contributed by atoms with E-state index in [-0.39, 0.29) is 25.7 Å². The molecule has 0 amide bonds. The summed E-state index contributed by atoms with van der Waals surface area (Å²) < 4.78 is 69.0. The number of unbranched alkanes of at least 4 members (excludes halogenated alkanes) is 54. The second kappa shape index (κ2) is 78.9. The van der Waals surface area contributed by atoms with Crippen molar-refractivity contribution in [3.63, 3.8) is 0 Å². The zero-order chi connectivity index (χ0) is 79.3. The van der Waals surface area contributed by atoms with Crippen LogP contribution in [0, 0.1) is 17.8 Å². The third-order valence-corrected chi connectivity index (χ3v) is 23.1. The van der Waals surface area contributed by atoms with Crippen molar-refractivity contribution in [3.05, 3.63) is 0 Å². The zero-order valence-electron chi connectivity index (χ0n) is 71.3. The molecule has 0 rings (SSSR count). The first-order chi connectivity index (χ1) is 52.3. The summed E-state index contributed by atoms with van der Waals surface area (Å²) >= 11 is 0. The average Bonchev–Trinajstić information content (AvgIpc) is 0.900. The predicted molar refractivity (Wildman–Crippen MR) is 446 cm³/mol. The number of esters is 4. The lowest BCUT2D eigenvalue weighted by atomic mass is 10.00. The molecular weight excluding hydrogens is 1400 g/mol. The second-order valence-electron chi connectivity index (χ2n) is 33.2. The van der Waals surface area contributed by atoms with E-state index >= 15 is 0 Å². The van der Waals surface area contributed by atoms with Gasteiger partial charge in [0.1, 0.15) is 19.3 Å². The Morgan fingerprint density at radius 1 is 0.269 bits per heavy atom. The van der Waals surface area contributed by atoms with Gasteiger partial charge in [0.2, 0.25) is 0 Å². The van der Waals surface area contributed by atoms with Crippen molar-refractivity contribution in [2.45, 2.75) is 491 Å². The van der Waals surface area contributed by atoms with E-state index < -0.39 is 97.5 Å². The summed E-state index contributed by atoms with van der Waals surface area (Å²) in [6.45, 7) is 12.0. The molecule has 3 N–H and O–H groups in total. The molecule has 0 fully saturated rings. The maximum Gasteiger partial charge on any atom is 0.472 e. The van der Waals surface area contributed by atoms with Crippen LogP contribution in [0.1, 0.15) is 472 Å². The molecule has 0 aliphatic rings. The van der Waals surface area contributed by atoms with E-state index in [1.165, 1.54) is 276 Å². The van der Waals surface area contributed by atoms with Crippen LogP contribution in [-0.4, -0.2) is 96.7 Å². The molecule has 19 heteroatoms. The molecule has 3 unspecified atom stereocenters. The van der Waals surface area contributed by atoms with E-state index in [0.717, 1.165) is 114 Å². The van der Waals surface area contributed by atoms with Crippen LogP contribution in [-0.2, 0) is 65.4 Å². The molecule has 0 aromatic rings. The molecule has 108 heavy (non-hydrogen) atoms. The summed E-state index contributed by atoms with van der Waals surface area (Å²) in [4.78, 5) is 73.3. The Labute approximate surface area is 664 Å². The van der Waals surface area contributed by atoms with Gasteiger partial charge in [-0.25, -0.2) is 9.13 Å². The van der Waals surface area contributed by atoms with Crippen LogP contribution >= 0.6 is 15.6 Å². The van der Waals surface area contributed by atoms with Crippen LogP contribution in [0.15, 0.2) is 0 Å². The quantitative estimate of drug-likeness (QED) is 0.0222. The van der Waals surface area contributed by atoms with Gasteiger partial charge in [0.25, 0.3) is 0 Å². The molecule has 0 aromatic heterocycles. The topological polar surface area (TPSA) is 237 Å². The summed E-state index contributed by atoms with van der Waals surface area (Å²) in [5.74, 6) is 0.251. The van der Waals surface area contributed by atoms with Crippen molar-refractivity contribution in [3.8, 4) is 0 Å². The predicted octanol–water partition coefficient (Wildman–Crippen LogP) is 27.3. The van der Waals surface area contributed by atoms with Crippen LogP contribution in [0.5, 0.6) is 0 Å². The van der Waals surface area contributed by atoms with E-state index in [9.17, 15) is 43.2 Å². The highest BCUT2D eigenvalue weighted by molar-refractivity contribution is 7.47. The van der Waals surface area contributed by atoms with Crippen LogP contribution < -0.4 is 0 Å². The van der Waals surface area contributed by atoms with Gasteiger partial charge in [0, 0.05) is 25.7 Å². The molecule has 0 radical (unpaired) electrons. The van der Waals surface area contributed by atoms with Gasteiger partial charge in [-0.05, 0) is 43.4 Å². The Balaban J connectivity index is 5.23. The smallest absolute Gasteiger partial charge is 0.462 e. The molecule has 0 aromatic carbocycles. The van der Waals surface area contributed by atoms with Crippen molar-refractivity contribution in [2.75, 3.05) is 39.6 Å². The minimum Gasteiger partial charge on any atom is -0.462 e. The Hall–Kier alpha value is -1.94. The minimum atomic E-state index is -4.97. The van der Waals surface area contributed by atoms with E-state index in [2.05, 4.69) is 48.5 Å². The van der Waals surface area contributed by atoms with Crippen LogP contribution in [0.4, 0.5) is 0 Å². The number of carbonyl (C=O) groups is 4. The van der Waals surface area contributed by atoms with E-state index in [0.29, 0.717) is 25.7 Å². The normalized spacial score (nSPS) is 14.1. The highest BCUT2D eigenvalue weighted by Gasteiger charge is 2.31. The molecule has 6 atom stereocenters. The van der Waals surface area contributed by atoms with Crippen molar-refractivity contribution >= 4 is 39.5 Å². The molecule has 0 aliphatic heterocycles. The van der Waals surface area contributed by atoms with Gasteiger partial charge in [-0.1, -0.05) is 421 Å². The molecule has 0 saturated heterocycles. The van der Waals surface area contributed by atoms with Crippen molar-refractivity contribution in [1.29, 1.82) is 0 Å². The van der Waals surface area contributed by atoms with Crippen LogP contribution in [0.2, 0.25) is 0 Å². The maximum atomic E-state index is 13.2. The van der Waals surface area contributed by atoms with Crippen LogP contribution in [0.25, 0.3) is 0 Å². The Morgan fingerprint density at radius 3 is 0.704 bits per heavy atom. The first kappa shape index (κ1) is 106. The zero-order valence-corrected chi connectivity index (χ0v) is 73.1. The third-order valence-electron chi connectivity index (χ3n) is 21.2. The summed E-state index contributed by atoms with van der Waals surface area (Å²) in [5, 5.41) is 10.7. The fraction of sp³-hybridized carbons (Fsp3) is 0.955. The average molecular weight is 1580 g/mol. The minimum absolute atomic E-state index is 0.107. The number of hydrogen-bond acceptors (Lipinski definition) is 15. The summed E-state index contributed by atoms with van der Waals surface area (Å²) in [5.41, 5.74) is 0. The molecule has 0 bridgehead atoms. The number of aliphatic hydroxyl groups is 1. The monoisotopic (exact) mass is 1580 g/mol. The lowest BCUT2D eigenvalue weighted by Gasteiger charge is -2.21. The Morgan fingerprint density at radius 2 is 0.472 bits per heavy atom. The number of rotatable bonds is 87. The van der Waals surface area contributed by atoms with Gasteiger partial charge in [-0.15, -0.1) is 0 Å².